The molecule has 0 saturated heterocycles. The number of aromatic nitrogens is 1. The maximum absolute atomic E-state index is 12.9. The van der Waals surface area contributed by atoms with Crippen LogP contribution in [0.1, 0.15) is 35.8 Å². The number of carbonyl (C=O) groups is 2. The summed E-state index contributed by atoms with van der Waals surface area (Å²) in [5.41, 5.74) is 2.29. The van der Waals surface area contributed by atoms with Gasteiger partial charge in [0.2, 0.25) is 0 Å². The van der Waals surface area contributed by atoms with E-state index in [0.717, 1.165) is 11.3 Å². The molecule has 2 heterocycles. The maximum atomic E-state index is 12.9. The standard InChI is InChI=1S/C18H19N2O3.BrH/c1-12(2)20-15-9-5-4-8-14(15)16(17(20)21)19-10-6-7-13(11-19)18(22)23-3;/h4-12,16H,1-3H3;1H/q+1;/p-1. The van der Waals surface area contributed by atoms with Crippen LogP contribution in [0.2, 0.25) is 0 Å². The predicted molar refractivity (Wildman–Crippen MR) is 85.2 cm³/mol. The van der Waals surface area contributed by atoms with Crippen molar-refractivity contribution >= 4 is 17.6 Å². The zero-order valence-corrected chi connectivity index (χ0v) is 15.4. The monoisotopic (exact) mass is 390 g/mol. The van der Waals surface area contributed by atoms with E-state index in [-0.39, 0.29) is 28.9 Å². The summed E-state index contributed by atoms with van der Waals surface area (Å²) in [6.45, 7) is 3.99. The Bertz CT molecular complexity index is 776. The summed E-state index contributed by atoms with van der Waals surface area (Å²) in [6, 6.07) is 10.8. The van der Waals surface area contributed by atoms with Crippen LogP contribution in [0.3, 0.4) is 0 Å². The van der Waals surface area contributed by atoms with Gasteiger partial charge in [-0.15, -0.1) is 0 Å². The molecule has 126 valence electrons. The normalized spacial score (nSPS) is 15.9. The third-order valence-electron chi connectivity index (χ3n) is 4.02. The van der Waals surface area contributed by atoms with E-state index in [1.54, 1.807) is 34.0 Å². The number of benzene rings is 1. The van der Waals surface area contributed by atoms with Crippen molar-refractivity contribution in [1.29, 1.82) is 0 Å². The molecule has 1 aliphatic heterocycles. The van der Waals surface area contributed by atoms with Gasteiger partial charge in [-0.05, 0) is 32.0 Å². The fourth-order valence-electron chi connectivity index (χ4n) is 3.03. The van der Waals surface area contributed by atoms with E-state index in [2.05, 4.69) is 0 Å². The van der Waals surface area contributed by atoms with Crippen LogP contribution in [0.25, 0.3) is 0 Å². The molecule has 1 atom stereocenters. The smallest absolute Gasteiger partial charge is 0.343 e. The molecule has 5 nitrogen and oxygen atoms in total. The summed E-state index contributed by atoms with van der Waals surface area (Å²) in [4.78, 5) is 26.5. The van der Waals surface area contributed by atoms with Crippen molar-refractivity contribution in [1.82, 2.24) is 0 Å². The molecule has 24 heavy (non-hydrogen) atoms. The zero-order chi connectivity index (χ0) is 16.6. The molecular weight excluding hydrogens is 372 g/mol. The minimum atomic E-state index is -0.460. The van der Waals surface area contributed by atoms with E-state index in [0.29, 0.717) is 5.56 Å². The molecule has 0 spiro atoms. The number of amides is 1. The molecule has 0 fully saturated rings. The Morgan fingerprint density at radius 2 is 1.92 bits per heavy atom. The molecule has 1 amide bonds. The lowest BCUT2D eigenvalue weighted by atomic mass is 10.1. The van der Waals surface area contributed by atoms with Crippen molar-refractivity contribution in [2.45, 2.75) is 25.9 Å². The van der Waals surface area contributed by atoms with Gasteiger partial charge < -0.3 is 26.6 Å². The van der Waals surface area contributed by atoms with Crippen molar-refractivity contribution in [3.05, 3.63) is 59.9 Å². The quantitative estimate of drug-likeness (QED) is 0.504. The number of pyridine rings is 1. The summed E-state index contributed by atoms with van der Waals surface area (Å²) < 4.78 is 6.54. The van der Waals surface area contributed by atoms with Crippen LogP contribution in [0.5, 0.6) is 0 Å². The lowest BCUT2D eigenvalue weighted by molar-refractivity contribution is -0.699. The number of hydrogen-bond acceptors (Lipinski definition) is 3. The molecule has 3 rings (SSSR count). The highest BCUT2D eigenvalue weighted by atomic mass is 79.9. The second kappa shape index (κ2) is 7.13. The Kier molecular flexibility index (Phi) is 5.39. The SMILES string of the molecule is COC(=O)c1ccc[n+](C2C(=O)N(C(C)C)c3ccccc32)c1.[Br-]. The lowest BCUT2D eigenvalue weighted by Gasteiger charge is -2.21. The topological polar surface area (TPSA) is 50.5 Å². The Morgan fingerprint density at radius 1 is 1.21 bits per heavy atom. The minimum Gasteiger partial charge on any atom is -1.00 e. The Balaban J connectivity index is 0.00000208. The summed E-state index contributed by atoms with van der Waals surface area (Å²) >= 11 is 0. The fraction of sp³-hybridized carbons (Fsp3) is 0.278. The largest absolute Gasteiger partial charge is 1.00 e. The van der Waals surface area contributed by atoms with E-state index >= 15 is 0 Å². The van der Waals surface area contributed by atoms with Gasteiger partial charge in [-0.25, -0.2) is 4.79 Å². The summed E-state index contributed by atoms with van der Waals surface area (Å²) in [5, 5.41) is 0. The van der Waals surface area contributed by atoms with Gasteiger partial charge in [-0.1, -0.05) is 12.1 Å². The molecule has 0 radical (unpaired) electrons. The van der Waals surface area contributed by atoms with E-state index in [1.807, 2.05) is 38.1 Å². The summed E-state index contributed by atoms with van der Waals surface area (Å²) in [6.07, 6.45) is 3.46. The highest BCUT2D eigenvalue weighted by Gasteiger charge is 2.44. The van der Waals surface area contributed by atoms with Crippen molar-refractivity contribution in [3.8, 4) is 0 Å². The number of anilines is 1. The van der Waals surface area contributed by atoms with Gasteiger partial charge in [0.1, 0.15) is 5.56 Å². The number of esters is 1. The van der Waals surface area contributed by atoms with Crippen molar-refractivity contribution in [3.63, 3.8) is 0 Å². The number of ether oxygens (including phenoxy) is 1. The number of carbonyl (C=O) groups excluding carboxylic acids is 2. The van der Waals surface area contributed by atoms with E-state index < -0.39 is 12.0 Å². The number of methoxy groups -OCH3 is 1. The number of hydrogen-bond donors (Lipinski definition) is 0. The van der Waals surface area contributed by atoms with Crippen LogP contribution < -0.4 is 26.4 Å². The Morgan fingerprint density at radius 3 is 2.58 bits per heavy atom. The number of halogens is 1. The van der Waals surface area contributed by atoms with Crippen LogP contribution in [0.15, 0.2) is 48.8 Å². The molecule has 0 bridgehead atoms. The Labute approximate surface area is 151 Å². The van der Waals surface area contributed by atoms with E-state index in [1.165, 1.54) is 7.11 Å². The van der Waals surface area contributed by atoms with Crippen LogP contribution in [-0.4, -0.2) is 25.0 Å². The molecule has 1 aromatic heterocycles. The van der Waals surface area contributed by atoms with E-state index in [9.17, 15) is 9.59 Å². The molecule has 1 unspecified atom stereocenters. The van der Waals surface area contributed by atoms with Crippen molar-refractivity contribution in [2.24, 2.45) is 0 Å². The van der Waals surface area contributed by atoms with Crippen LogP contribution >= 0.6 is 0 Å². The second-order valence-corrected chi connectivity index (χ2v) is 5.79. The van der Waals surface area contributed by atoms with Crippen LogP contribution in [0, 0.1) is 0 Å². The molecule has 6 heteroatoms. The van der Waals surface area contributed by atoms with Crippen molar-refractivity contribution in [2.75, 3.05) is 12.0 Å². The summed E-state index contributed by atoms with van der Waals surface area (Å²) in [5.74, 6) is -0.410. The molecule has 0 N–H and O–H groups in total. The minimum absolute atomic E-state index is 0. The lowest BCUT2D eigenvalue weighted by Crippen LogP contribution is -3.00. The predicted octanol–water partition coefficient (Wildman–Crippen LogP) is -0.891. The Hall–Kier alpha value is -2.21. The average molecular weight is 391 g/mol. The maximum Gasteiger partial charge on any atom is 0.343 e. The van der Waals surface area contributed by atoms with Gasteiger partial charge >= 0.3 is 11.9 Å². The van der Waals surface area contributed by atoms with Gasteiger partial charge in [-0.3, -0.25) is 4.79 Å². The average Bonchev–Trinajstić information content (AvgIpc) is 2.86. The summed E-state index contributed by atoms with van der Waals surface area (Å²) in [7, 11) is 1.34. The number of rotatable bonds is 3. The van der Waals surface area contributed by atoms with Crippen LogP contribution in [-0.2, 0) is 9.53 Å². The molecule has 1 aromatic carbocycles. The third kappa shape index (κ3) is 2.94. The van der Waals surface area contributed by atoms with Gasteiger partial charge in [0.15, 0.2) is 12.4 Å². The molecule has 2 aromatic rings. The highest BCUT2D eigenvalue weighted by Crippen LogP contribution is 2.36. The first-order chi connectivity index (χ1) is 11.0. The van der Waals surface area contributed by atoms with E-state index in [4.69, 9.17) is 4.74 Å². The van der Waals surface area contributed by atoms with Crippen molar-refractivity contribution < 1.29 is 35.9 Å². The second-order valence-electron chi connectivity index (χ2n) is 5.79. The molecule has 0 aliphatic carbocycles. The highest BCUT2D eigenvalue weighted by molar-refractivity contribution is 6.04. The first-order valence-electron chi connectivity index (χ1n) is 7.55. The van der Waals surface area contributed by atoms with Gasteiger partial charge in [0.25, 0.3) is 6.04 Å². The first-order valence-corrected chi connectivity index (χ1v) is 7.55. The first kappa shape index (κ1) is 18.1. The fourth-order valence-corrected chi connectivity index (χ4v) is 3.03. The van der Waals surface area contributed by atoms with Gasteiger partial charge in [0.05, 0.1) is 18.4 Å². The van der Waals surface area contributed by atoms with Gasteiger partial charge in [0, 0.05) is 12.1 Å². The number of nitrogens with zero attached hydrogens (tertiary/aromatic N) is 2. The number of para-hydroxylation sites is 1. The van der Waals surface area contributed by atoms with Gasteiger partial charge in [-0.2, -0.15) is 4.57 Å². The van der Waals surface area contributed by atoms with Crippen LogP contribution in [0.4, 0.5) is 5.69 Å². The third-order valence-corrected chi connectivity index (χ3v) is 4.02. The molecule has 1 aliphatic rings. The molecular formula is C18H19BrN2O3. The number of fused-ring (bicyclic) bond motifs is 1. The molecule has 0 saturated carbocycles. The zero-order valence-electron chi connectivity index (χ0n) is 13.8.